The van der Waals surface area contributed by atoms with Crippen molar-refractivity contribution in [1.82, 2.24) is 19.3 Å². The maximum absolute atomic E-state index is 6.58. The van der Waals surface area contributed by atoms with Crippen molar-refractivity contribution < 1.29 is 4.74 Å². The van der Waals surface area contributed by atoms with E-state index in [2.05, 4.69) is 132 Å². The molecule has 7 aromatic rings. The highest BCUT2D eigenvalue weighted by atomic mass is 16.5. The summed E-state index contributed by atoms with van der Waals surface area (Å²) in [4.78, 5) is 4.81. The fourth-order valence-electron chi connectivity index (χ4n) is 7.11. The van der Waals surface area contributed by atoms with Gasteiger partial charge in [-0.05, 0) is 110 Å². The molecule has 0 saturated heterocycles. The lowest BCUT2D eigenvalue weighted by Crippen LogP contribution is -2.05. The average molecular weight is 647 g/mol. The average Bonchev–Trinajstić information content (AvgIpc) is 3.56. The maximum atomic E-state index is 6.58. The van der Waals surface area contributed by atoms with Gasteiger partial charge in [0.1, 0.15) is 17.3 Å². The third kappa shape index (κ3) is 6.63. The first kappa shape index (κ1) is 32.4. The molecule has 0 saturated carbocycles. The Morgan fingerprint density at radius 1 is 0.755 bits per heavy atom. The van der Waals surface area contributed by atoms with Crippen LogP contribution in [0.3, 0.4) is 0 Å². The summed E-state index contributed by atoms with van der Waals surface area (Å²) in [7, 11) is 0. The third-order valence-electron chi connectivity index (χ3n) is 9.68. The van der Waals surface area contributed by atoms with Crippen molar-refractivity contribution in [3.8, 4) is 34.1 Å². The topological polar surface area (TPSA) is 44.9 Å². The molecule has 0 amide bonds. The number of hydrogen-bond acceptors (Lipinski definition) is 3. The Morgan fingerprint density at radius 2 is 1.55 bits per heavy atom. The number of pyridine rings is 1. The summed E-state index contributed by atoms with van der Waals surface area (Å²) in [6.07, 6.45) is 5.54. The van der Waals surface area contributed by atoms with Crippen molar-refractivity contribution in [2.45, 2.75) is 73.6 Å². The molecule has 5 nitrogen and oxygen atoms in total. The van der Waals surface area contributed by atoms with Crippen LogP contribution in [-0.2, 0) is 0 Å². The SMILES string of the molecule is Cc1ccnc(-n2c3ccc(C(C)CCCC(C)(C)C)cc3c3ccc(Oc4cccc(-n5nc(C)c(-c6ccccc6)c5C)c4)cc32)c1. The van der Waals surface area contributed by atoms with E-state index in [0.29, 0.717) is 11.3 Å². The van der Waals surface area contributed by atoms with Gasteiger partial charge in [-0.15, -0.1) is 0 Å². The molecule has 1 unspecified atom stereocenters. The predicted molar refractivity (Wildman–Crippen MR) is 204 cm³/mol. The van der Waals surface area contributed by atoms with Crippen LogP contribution in [0.25, 0.3) is 44.4 Å². The predicted octanol–water partition coefficient (Wildman–Crippen LogP) is 12.1. The van der Waals surface area contributed by atoms with Gasteiger partial charge in [-0.1, -0.05) is 76.6 Å². The van der Waals surface area contributed by atoms with Crippen LogP contribution in [-0.4, -0.2) is 19.3 Å². The first-order valence-corrected chi connectivity index (χ1v) is 17.5. The number of fused-ring (bicyclic) bond motifs is 3. The number of aromatic nitrogens is 4. The quantitative estimate of drug-likeness (QED) is 0.157. The Bertz CT molecular complexity index is 2270. The first-order valence-electron chi connectivity index (χ1n) is 17.5. The smallest absolute Gasteiger partial charge is 0.137 e. The Labute approximate surface area is 290 Å². The summed E-state index contributed by atoms with van der Waals surface area (Å²) in [5.74, 6) is 2.93. The molecule has 49 heavy (non-hydrogen) atoms. The molecule has 3 aromatic heterocycles. The van der Waals surface area contributed by atoms with Crippen molar-refractivity contribution in [2.75, 3.05) is 0 Å². The standard InChI is InChI=1S/C44H46N4O/c1-29-22-24-45-42(25-29)47-40-21-18-34(30(2)13-12-23-44(5,6)7)26-39(40)38-20-19-37(28-41(38)47)49-36-17-11-16-35(27-36)48-32(4)43(31(3)46-48)33-14-9-8-10-15-33/h8-11,14-22,24-28,30H,12-13,23H2,1-7H3. The molecule has 3 heterocycles. The minimum absolute atomic E-state index is 0.363. The molecule has 0 fully saturated rings. The largest absolute Gasteiger partial charge is 0.457 e. The Balaban J connectivity index is 1.25. The highest BCUT2D eigenvalue weighted by molar-refractivity contribution is 6.09. The Morgan fingerprint density at radius 3 is 2.33 bits per heavy atom. The Kier molecular flexibility index (Phi) is 8.62. The van der Waals surface area contributed by atoms with E-state index in [1.165, 1.54) is 46.7 Å². The van der Waals surface area contributed by atoms with Crippen LogP contribution in [0, 0.1) is 26.2 Å². The highest BCUT2D eigenvalue weighted by Gasteiger charge is 2.19. The molecule has 0 aliphatic rings. The second kappa shape index (κ2) is 13.0. The van der Waals surface area contributed by atoms with Crippen LogP contribution >= 0.6 is 0 Å². The van der Waals surface area contributed by atoms with E-state index in [1.807, 2.05) is 35.1 Å². The van der Waals surface area contributed by atoms with Crippen molar-refractivity contribution in [2.24, 2.45) is 5.41 Å². The lowest BCUT2D eigenvalue weighted by atomic mass is 9.86. The van der Waals surface area contributed by atoms with Gasteiger partial charge in [-0.2, -0.15) is 5.10 Å². The van der Waals surface area contributed by atoms with Gasteiger partial charge in [-0.3, -0.25) is 4.57 Å². The lowest BCUT2D eigenvalue weighted by Gasteiger charge is -2.19. The third-order valence-corrected chi connectivity index (χ3v) is 9.68. The number of ether oxygens (including phenoxy) is 1. The van der Waals surface area contributed by atoms with Gasteiger partial charge in [0.25, 0.3) is 0 Å². The number of aryl methyl sites for hydroxylation is 2. The molecule has 248 valence electrons. The van der Waals surface area contributed by atoms with Crippen molar-refractivity contribution >= 4 is 21.8 Å². The van der Waals surface area contributed by atoms with Gasteiger partial charge >= 0.3 is 0 Å². The van der Waals surface area contributed by atoms with E-state index in [4.69, 9.17) is 14.8 Å². The van der Waals surface area contributed by atoms with Crippen LogP contribution < -0.4 is 4.74 Å². The normalized spacial score (nSPS) is 12.6. The van der Waals surface area contributed by atoms with Crippen molar-refractivity contribution in [3.63, 3.8) is 0 Å². The summed E-state index contributed by atoms with van der Waals surface area (Å²) in [6, 6.07) is 36.2. The lowest BCUT2D eigenvalue weighted by molar-refractivity contribution is 0.354. The molecular formula is C44H46N4O. The maximum Gasteiger partial charge on any atom is 0.137 e. The second-order valence-corrected chi connectivity index (χ2v) is 14.8. The fourth-order valence-corrected chi connectivity index (χ4v) is 7.11. The van der Waals surface area contributed by atoms with Crippen LogP contribution in [0.1, 0.15) is 75.4 Å². The van der Waals surface area contributed by atoms with E-state index >= 15 is 0 Å². The number of benzene rings is 4. The van der Waals surface area contributed by atoms with Gasteiger partial charge in [0, 0.05) is 40.4 Å². The minimum Gasteiger partial charge on any atom is -0.457 e. The van der Waals surface area contributed by atoms with Crippen molar-refractivity contribution in [3.05, 3.63) is 132 Å². The van der Waals surface area contributed by atoms with Gasteiger partial charge in [0.15, 0.2) is 0 Å². The van der Waals surface area contributed by atoms with Crippen LogP contribution in [0.4, 0.5) is 0 Å². The molecule has 4 aromatic carbocycles. The number of rotatable bonds is 9. The second-order valence-electron chi connectivity index (χ2n) is 14.8. The summed E-state index contributed by atoms with van der Waals surface area (Å²) >= 11 is 0. The van der Waals surface area contributed by atoms with E-state index in [9.17, 15) is 0 Å². The fraction of sp³-hybridized carbons (Fsp3) is 0.273. The van der Waals surface area contributed by atoms with Gasteiger partial charge in [-0.25, -0.2) is 9.67 Å². The van der Waals surface area contributed by atoms with E-state index in [1.54, 1.807) is 0 Å². The molecule has 0 bridgehead atoms. The molecule has 1 atom stereocenters. The molecule has 0 aliphatic heterocycles. The molecule has 7 rings (SSSR count). The van der Waals surface area contributed by atoms with E-state index < -0.39 is 0 Å². The first-order chi connectivity index (χ1) is 23.6. The number of hydrogen-bond donors (Lipinski definition) is 0. The minimum atomic E-state index is 0.363. The summed E-state index contributed by atoms with van der Waals surface area (Å²) in [5, 5.41) is 7.35. The van der Waals surface area contributed by atoms with Gasteiger partial charge < -0.3 is 4.74 Å². The van der Waals surface area contributed by atoms with Crippen molar-refractivity contribution in [1.29, 1.82) is 0 Å². The summed E-state index contributed by atoms with van der Waals surface area (Å²) in [6.45, 7) is 15.7. The van der Waals surface area contributed by atoms with Crippen LogP contribution in [0.2, 0.25) is 0 Å². The van der Waals surface area contributed by atoms with Crippen LogP contribution in [0.5, 0.6) is 11.5 Å². The summed E-state index contributed by atoms with van der Waals surface area (Å²) < 4.78 is 10.9. The zero-order valence-corrected chi connectivity index (χ0v) is 29.8. The van der Waals surface area contributed by atoms with Gasteiger partial charge in [0.2, 0.25) is 0 Å². The van der Waals surface area contributed by atoms with Crippen LogP contribution in [0.15, 0.2) is 109 Å². The Hall–Kier alpha value is -5.16. The van der Waals surface area contributed by atoms with E-state index in [-0.39, 0.29) is 0 Å². The zero-order valence-electron chi connectivity index (χ0n) is 29.8. The highest BCUT2D eigenvalue weighted by Crippen LogP contribution is 2.38. The molecule has 5 heteroatoms. The molecule has 0 aliphatic carbocycles. The zero-order chi connectivity index (χ0) is 34.3. The molecule has 0 spiro atoms. The number of nitrogens with zero attached hydrogens (tertiary/aromatic N) is 4. The monoisotopic (exact) mass is 646 g/mol. The van der Waals surface area contributed by atoms with Gasteiger partial charge in [0.05, 0.1) is 22.4 Å². The summed E-state index contributed by atoms with van der Waals surface area (Å²) in [5.41, 5.74) is 10.5. The molecule has 0 radical (unpaired) electrons. The van der Waals surface area contributed by atoms with E-state index in [0.717, 1.165) is 51.0 Å². The molecule has 0 N–H and O–H groups in total. The molecular weight excluding hydrogens is 601 g/mol.